The number of hydrogen-bond acceptors (Lipinski definition) is 6. The van der Waals surface area contributed by atoms with Gasteiger partial charge >= 0.3 is 0 Å². The Kier molecular flexibility index (Phi) is 8.42. The Balaban J connectivity index is 1.20. The van der Waals surface area contributed by atoms with Crippen molar-refractivity contribution in [2.45, 2.75) is 45.8 Å². The van der Waals surface area contributed by atoms with Gasteiger partial charge < -0.3 is 14.4 Å². The maximum Gasteiger partial charge on any atom is 0.224 e. The lowest BCUT2D eigenvalue weighted by molar-refractivity contribution is 0.110. The van der Waals surface area contributed by atoms with Crippen molar-refractivity contribution in [3.63, 3.8) is 0 Å². The molecule has 3 aromatic carbocycles. The summed E-state index contributed by atoms with van der Waals surface area (Å²) in [5, 5.41) is 0. The van der Waals surface area contributed by atoms with Crippen molar-refractivity contribution < 1.29 is 9.47 Å². The van der Waals surface area contributed by atoms with Crippen molar-refractivity contribution in [3.05, 3.63) is 108 Å². The SMILES string of the molecule is CCc1nc(Oc2ccc(CC(C)(C)Oc3ccccc3)cc2)cc(N2CCN(Cc3ccccc3)CC2)n1. The van der Waals surface area contributed by atoms with Gasteiger partial charge in [-0.25, -0.2) is 4.98 Å². The van der Waals surface area contributed by atoms with E-state index in [1.54, 1.807) is 0 Å². The van der Waals surface area contributed by atoms with Gasteiger partial charge in [0.05, 0.1) is 0 Å². The van der Waals surface area contributed by atoms with Crippen LogP contribution in [0.3, 0.4) is 0 Å². The number of nitrogens with zero attached hydrogens (tertiary/aromatic N) is 4. The highest BCUT2D eigenvalue weighted by molar-refractivity contribution is 5.44. The Morgan fingerprint density at radius 3 is 2.08 bits per heavy atom. The summed E-state index contributed by atoms with van der Waals surface area (Å²) in [5.41, 5.74) is 2.22. The number of hydrogen-bond donors (Lipinski definition) is 0. The minimum atomic E-state index is -0.327. The summed E-state index contributed by atoms with van der Waals surface area (Å²) in [4.78, 5) is 14.3. The minimum Gasteiger partial charge on any atom is -0.488 e. The third kappa shape index (κ3) is 7.58. The van der Waals surface area contributed by atoms with Gasteiger partial charge in [0, 0.05) is 51.6 Å². The summed E-state index contributed by atoms with van der Waals surface area (Å²) in [6.45, 7) is 11.2. The molecule has 1 aliphatic rings. The molecule has 6 nitrogen and oxygen atoms in total. The Hall–Kier alpha value is -3.90. The molecule has 0 atom stereocenters. The zero-order valence-electron chi connectivity index (χ0n) is 23.2. The van der Waals surface area contributed by atoms with Crippen LogP contribution in [0.15, 0.2) is 91.0 Å². The highest BCUT2D eigenvalue weighted by atomic mass is 16.5. The molecule has 202 valence electrons. The molecule has 0 unspecified atom stereocenters. The van der Waals surface area contributed by atoms with E-state index in [0.29, 0.717) is 5.88 Å². The number of rotatable bonds is 10. The molecular weight excluding hydrogens is 484 g/mol. The van der Waals surface area contributed by atoms with E-state index in [1.165, 1.54) is 11.1 Å². The zero-order valence-corrected chi connectivity index (χ0v) is 23.2. The largest absolute Gasteiger partial charge is 0.488 e. The molecule has 0 amide bonds. The van der Waals surface area contributed by atoms with Crippen LogP contribution in [0.25, 0.3) is 0 Å². The normalized spacial score (nSPS) is 14.3. The number of aromatic nitrogens is 2. The summed E-state index contributed by atoms with van der Waals surface area (Å²) >= 11 is 0. The molecule has 0 bridgehead atoms. The lowest BCUT2D eigenvalue weighted by atomic mass is 9.98. The first kappa shape index (κ1) is 26.7. The predicted octanol–water partition coefficient (Wildman–Crippen LogP) is 6.55. The van der Waals surface area contributed by atoms with Crippen LogP contribution in [0.4, 0.5) is 5.82 Å². The number of piperazine rings is 1. The fraction of sp³-hybridized carbons (Fsp3) is 0.333. The first-order valence-corrected chi connectivity index (χ1v) is 13.9. The maximum absolute atomic E-state index is 6.21. The molecule has 6 heteroatoms. The van der Waals surface area contributed by atoms with Crippen LogP contribution >= 0.6 is 0 Å². The van der Waals surface area contributed by atoms with E-state index in [2.05, 4.69) is 78.0 Å². The number of benzene rings is 3. The fourth-order valence-electron chi connectivity index (χ4n) is 4.94. The molecule has 1 aliphatic heterocycles. The van der Waals surface area contributed by atoms with Crippen molar-refractivity contribution in [1.82, 2.24) is 14.9 Å². The van der Waals surface area contributed by atoms with Crippen molar-refractivity contribution in [2.75, 3.05) is 31.1 Å². The summed E-state index contributed by atoms with van der Waals surface area (Å²) in [5.74, 6) is 3.97. The Morgan fingerprint density at radius 2 is 1.41 bits per heavy atom. The molecular formula is C33H38N4O2. The predicted molar refractivity (Wildman–Crippen MR) is 157 cm³/mol. The Morgan fingerprint density at radius 1 is 0.744 bits per heavy atom. The number of ether oxygens (including phenoxy) is 2. The Bertz CT molecular complexity index is 1320. The van der Waals surface area contributed by atoms with Crippen molar-refractivity contribution in [3.8, 4) is 17.4 Å². The highest BCUT2D eigenvalue weighted by Gasteiger charge is 2.22. The van der Waals surface area contributed by atoms with Gasteiger partial charge in [0.25, 0.3) is 0 Å². The lowest BCUT2D eigenvalue weighted by Crippen LogP contribution is -2.46. The molecule has 1 aromatic heterocycles. The molecule has 0 N–H and O–H groups in total. The first-order chi connectivity index (χ1) is 19.0. The van der Waals surface area contributed by atoms with Gasteiger partial charge in [-0.05, 0) is 49.2 Å². The molecule has 0 spiro atoms. The van der Waals surface area contributed by atoms with Gasteiger partial charge in [0.2, 0.25) is 5.88 Å². The summed E-state index contributed by atoms with van der Waals surface area (Å²) in [7, 11) is 0. The number of para-hydroxylation sites is 1. The third-order valence-electron chi connectivity index (χ3n) is 6.91. The van der Waals surface area contributed by atoms with Crippen LogP contribution in [0.1, 0.15) is 37.7 Å². The van der Waals surface area contributed by atoms with Crippen molar-refractivity contribution in [1.29, 1.82) is 0 Å². The van der Waals surface area contributed by atoms with Gasteiger partial charge in [-0.1, -0.05) is 67.6 Å². The monoisotopic (exact) mass is 522 g/mol. The van der Waals surface area contributed by atoms with Crippen molar-refractivity contribution >= 4 is 5.82 Å². The van der Waals surface area contributed by atoms with Crippen LogP contribution < -0.4 is 14.4 Å². The van der Waals surface area contributed by atoms with E-state index in [1.807, 2.05) is 48.5 Å². The van der Waals surface area contributed by atoms with Gasteiger partial charge in [0.15, 0.2) is 0 Å². The third-order valence-corrected chi connectivity index (χ3v) is 6.91. The number of aryl methyl sites for hydroxylation is 1. The standard InChI is InChI=1S/C33H38N4O2/c1-4-30-34-31(37-21-19-36(20-22-37)25-27-11-7-5-8-12-27)23-32(35-30)38-28-17-15-26(16-18-28)24-33(2,3)39-29-13-9-6-10-14-29/h5-18,23H,4,19-22,24-25H2,1-3H3. The Labute approximate surface area is 232 Å². The second-order valence-corrected chi connectivity index (χ2v) is 10.7. The molecule has 4 aromatic rings. The van der Waals surface area contributed by atoms with Crippen LogP contribution in [0.2, 0.25) is 0 Å². The van der Waals surface area contributed by atoms with Crippen molar-refractivity contribution in [2.24, 2.45) is 0 Å². The summed E-state index contributed by atoms with van der Waals surface area (Å²) in [6, 6.07) is 30.8. The quantitative estimate of drug-likeness (QED) is 0.235. The summed E-state index contributed by atoms with van der Waals surface area (Å²) in [6.07, 6.45) is 1.55. The smallest absolute Gasteiger partial charge is 0.224 e. The topological polar surface area (TPSA) is 50.7 Å². The molecule has 5 rings (SSSR count). The maximum atomic E-state index is 6.21. The average molecular weight is 523 g/mol. The molecule has 1 saturated heterocycles. The minimum absolute atomic E-state index is 0.327. The van der Waals surface area contributed by atoms with E-state index in [4.69, 9.17) is 14.5 Å². The van der Waals surface area contributed by atoms with E-state index < -0.39 is 0 Å². The molecule has 0 aliphatic carbocycles. The molecule has 39 heavy (non-hydrogen) atoms. The second-order valence-electron chi connectivity index (χ2n) is 10.7. The van der Waals surface area contributed by atoms with Gasteiger partial charge in [-0.2, -0.15) is 4.98 Å². The highest BCUT2D eigenvalue weighted by Crippen LogP contribution is 2.27. The lowest BCUT2D eigenvalue weighted by Gasteiger charge is -2.35. The zero-order chi connectivity index (χ0) is 27.1. The van der Waals surface area contributed by atoms with Gasteiger partial charge in [-0.15, -0.1) is 0 Å². The van der Waals surface area contributed by atoms with E-state index in [-0.39, 0.29) is 5.60 Å². The molecule has 1 fully saturated rings. The summed E-state index contributed by atoms with van der Waals surface area (Å²) < 4.78 is 12.4. The molecule has 0 saturated carbocycles. The van der Waals surface area contributed by atoms with E-state index in [0.717, 1.165) is 68.7 Å². The average Bonchev–Trinajstić information content (AvgIpc) is 2.95. The fourth-order valence-corrected chi connectivity index (χ4v) is 4.94. The number of anilines is 1. The van der Waals surface area contributed by atoms with Gasteiger partial charge in [0.1, 0.15) is 28.7 Å². The van der Waals surface area contributed by atoms with Gasteiger partial charge in [-0.3, -0.25) is 4.90 Å². The molecule has 0 radical (unpaired) electrons. The van der Waals surface area contributed by atoms with Crippen LogP contribution in [0.5, 0.6) is 17.4 Å². The van der Waals surface area contributed by atoms with E-state index in [9.17, 15) is 0 Å². The first-order valence-electron chi connectivity index (χ1n) is 13.9. The second kappa shape index (κ2) is 12.3. The van der Waals surface area contributed by atoms with E-state index >= 15 is 0 Å². The van der Waals surface area contributed by atoms with Crippen LogP contribution in [0, 0.1) is 0 Å². The van der Waals surface area contributed by atoms with Crippen LogP contribution in [-0.4, -0.2) is 46.6 Å². The van der Waals surface area contributed by atoms with Crippen LogP contribution in [-0.2, 0) is 19.4 Å². The molecule has 2 heterocycles.